The number of anilines is 1. The molecule has 126 valence electrons. The zero-order valence-corrected chi connectivity index (χ0v) is 13.3. The Hall–Kier alpha value is -1.60. The van der Waals surface area contributed by atoms with Gasteiger partial charge < -0.3 is 4.74 Å². The number of ether oxygens (including phenoxy) is 1. The van der Waals surface area contributed by atoms with Crippen LogP contribution in [0, 0.1) is 5.82 Å². The first-order valence-electron chi connectivity index (χ1n) is 10.7. The minimum Gasteiger partial charge on any atom is -0.463 e. The lowest BCUT2D eigenvalue weighted by molar-refractivity contribution is -0.138. The molecule has 0 amide bonds. The van der Waals surface area contributed by atoms with Gasteiger partial charge in [-0.15, -0.1) is 0 Å². The predicted molar refractivity (Wildman–Crippen MR) is 86.3 cm³/mol. The molecule has 0 saturated carbocycles. The minimum atomic E-state index is -5.52. The van der Waals surface area contributed by atoms with Crippen LogP contribution in [0.3, 0.4) is 0 Å². The van der Waals surface area contributed by atoms with Crippen molar-refractivity contribution in [1.82, 2.24) is 0 Å². The standard InChI is InChI=1S/C15H17ClFNO4S/c1-2-22-15(19)11-5-3-4-6-14(11)23(20,21)18-13-8-7-10(17)9-12(13)16/h5,7-9,14,18H,2-4,6H2,1H3/t14-/m1/s1/i4D2,5D,6D2,7D,8D,9D/hD. The Balaban J connectivity index is 2.85. The molecule has 0 bridgehead atoms. The van der Waals surface area contributed by atoms with Gasteiger partial charge in [0, 0.05) is 5.48 Å². The van der Waals surface area contributed by atoms with Crippen molar-refractivity contribution in [2.75, 3.05) is 11.3 Å². The second kappa shape index (κ2) is 7.31. The van der Waals surface area contributed by atoms with Gasteiger partial charge >= 0.3 is 5.97 Å². The van der Waals surface area contributed by atoms with Crippen molar-refractivity contribution in [2.45, 2.75) is 31.3 Å². The van der Waals surface area contributed by atoms with E-state index < -0.39 is 91.4 Å². The first-order chi connectivity index (χ1) is 14.4. The number of carbonyl (C=O) groups excluding carboxylic acids is 1. The number of sulfonamides is 1. The van der Waals surface area contributed by atoms with Gasteiger partial charge in [-0.2, -0.15) is 0 Å². The van der Waals surface area contributed by atoms with Crippen LogP contribution >= 0.6 is 11.6 Å². The monoisotopic (exact) mass is 370 g/mol. The number of benzene rings is 1. The van der Waals surface area contributed by atoms with Gasteiger partial charge in [0.1, 0.15) is 11.1 Å². The summed E-state index contributed by atoms with van der Waals surface area (Å²) in [6.45, 7) is 1.07. The number of carbonyl (C=O) groups is 1. The minimum absolute atomic E-state index is 0.284. The third-order valence-electron chi connectivity index (χ3n) is 2.59. The van der Waals surface area contributed by atoms with Gasteiger partial charge in [0.15, 0.2) is 1.41 Å². The fourth-order valence-electron chi connectivity index (χ4n) is 1.66. The van der Waals surface area contributed by atoms with E-state index in [1.54, 1.807) is 0 Å². The van der Waals surface area contributed by atoms with Crippen molar-refractivity contribution in [2.24, 2.45) is 0 Å². The summed E-state index contributed by atoms with van der Waals surface area (Å²) in [7, 11) is -5.52. The smallest absolute Gasteiger partial charge is 0.335 e. The highest BCUT2D eigenvalue weighted by Gasteiger charge is 2.35. The van der Waals surface area contributed by atoms with Crippen LogP contribution in [-0.2, 0) is 19.6 Å². The zero-order valence-electron chi connectivity index (χ0n) is 20.7. The van der Waals surface area contributed by atoms with E-state index in [4.69, 9.17) is 28.7 Å². The molecule has 0 fully saturated rings. The van der Waals surface area contributed by atoms with E-state index in [2.05, 4.69) is 0 Å². The van der Waals surface area contributed by atoms with E-state index in [9.17, 15) is 17.6 Å². The molecule has 23 heavy (non-hydrogen) atoms. The summed E-state index contributed by atoms with van der Waals surface area (Å²) in [5.74, 6) is -2.98. The average molecular weight is 371 g/mol. The summed E-state index contributed by atoms with van der Waals surface area (Å²) in [6.07, 6.45) is -7.32. The van der Waals surface area contributed by atoms with Gasteiger partial charge in [-0.25, -0.2) is 17.6 Å². The van der Waals surface area contributed by atoms with E-state index in [0.29, 0.717) is 0 Å². The number of allylic oxidation sites excluding steroid dienone is 1. The van der Waals surface area contributed by atoms with E-state index in [0.717, 1.165) is 0 Å². The molecule has 0 heterocycles. The summed E-state index contributed by atoms with van der Waals surface area (Å²) in [4.78, 5) is 12.4. The van der Waals surface area contributed by atoms with Crippen LogP contribution in [-0.4, -0.2) is 26.2 Å². The molecule has 1 N–H and O–H groups in total. The third kappa shape index (κ3) is 4.23. The summed E-state index contributed by atoms with van der Waals surface area (Å²) in [5.41, 5.74) is -2.22. The molecule has 5 nitrogen and oxygen atoms in total. The number of esters is 1. The molecule has 0 spiro atoms. The summed E-state index contributed by atoms with van der Waals surface area (Å²) in [5, 5.41) is -3.83. The second-order valence-electron chi connectivity index (χ2n) is 4.15. The number of hydrogen-bond acceptors (Lipinski definition) is 4. The van der Waals surface area contributed by atoms with E-state index in [1.807, 2.05) is 0 Å². The van der Waals surface area contributed by atoms with Gasteiger partial charge in [-0.05, 0) is 44.2 Å². The number of rotatable bonds is 5. The lowest BCUT2D eigenvalue weighted by Gasteiger charge is -2.24. The van der Waals surface area contributed by atoms with E-state index in [1.165, 1.54) is 6.92 Å². The Morgan fingerprint density at radius 2 is 2.39 bits per heavy atom. The first-order valence-corrected chi connectivity index (χ1v) is 8.17. The van der Waals surface area contributed by atoms with Crippen LogP contribution in [0.25, 0.3) is 0 Å². The molecular weight excluding hydrogens is 345 g/mol. The Bertz CT molecular complexity index is 1080. The average Bonchev–Trinajstić information content (AvgIpc) is 2.67. The lowest BCUT2D eigenvalue weighted by Crippen LogP contribution is -2.34. The van der Waals surface area contributed by atoms with Gasteiger partial charge in [-0.1, -0.05) is 17.7 Å². The van der Waals surface area contributed by atoms with Gasteiger partial charge in [0.05, 0.1) is 28.4 Å². The van der Waals surface area contributed by atoms with Crippen molar-refractivity contribution >= 4 is 33.3 Å². The molecule has 0 aliphatic heterocycles. The molecule has 1 atom stereocenters. The SMILES string of the molecule is [2H]C1=C(C(=O)OCC)[C@H](S(=O)(=O)N([2H])c2c([2H])c([2H])c(F)c([2H])c2Cl)C([2H])([2H])C([2H])([2H])C1. The van der Waals surface area contributed by atoms with Crippen molar-refractivity contribution in [3.05, 3.63) is 40.6 Å². The molecule has 1 aliphatic carbocycles. The lowest BCUT2D eigenvalue weighted by atomic mass is 9.99. The maximum Gasteiger partial charge on any atom is 0.335 e. The second-order valence-corrected chi connectivity index (χ2v) is 6.21. The Morgan fingerprint density at radius 1 is 1.65 bits per heavy atom. The topological polar surface area (TPSA) is 72.5 Å². The van der Waals surface area contributed by atoms with E-state index in [-0.39, 0.29) is 6.61 Å². The van der Waals surface area contributed by atoms with Crippen LogP contribution in [0.4, 0.5) is 10.1 Å². The number of hydrogen-bond donors (Lipinski definition) is 1. The Kier molecular flexibility index (Phi) is 2.87. The largest absolute Gasteiger partial charge is 0.463 e. The zero-order chi connectivity index (χ0) is 25.0. The van der Waals surface area contributed by atoms with Crippen LogP contribution in [0.15, 0.2) is 29.8 Å². The highest BCUT2D eigenvalue weighted by atomic mass is 35.5. The molecule has 1 aromatic carbocycles. The fourth-order valence-corrected chi connectivity index (χ4v) is 3.09. The fraction of sp³-hybridized carbons (Fsp3) is 0.400. The summed E-state index contributed by atoms with van der Waals surface area (Å²) >= 11 is 5.75. The maximum atomic E-state index is 13.9. The van der Waals surface area contributed by atoms with Crippen molar-refractivity contribution < 1.29 is 34.7 Å². The predicted octanol–water partition coefficient (Wildman–Crippen LogP) is 3.26. The molecular formula is C15H17ClFNO4S. The quantitative estimate of drug-likeness (QED) is 0.807. The third-order valence-corrected chi connectivity index (χ3v) is 4.25. The Labute approximate surface area is 152 Å². The highest BCUT2D eigenvalue weighted by molar-refractivity contribution is 7.93. The molecule has 2 rings (SSSR count). The summed E-state index contributed by atoms with van der Waals surface area (Å²) < 4.78 is 116. The Morgan fingerprint density at radius 3 is 3.09 bits per heavy atom. The van der Waals surface area contributed by atoms with Crippen LogP contribution in [0.1, 0.15) is 37.1 Å². The van der Waals surface area contributed by atoms with Crippen molar-refractivity contribution in [3.8, 4) is 0 Å². The number of nitrogens with one attached hydrogen (secondary N) is 1. The molecule has 1 aromatic rings. The summed E-state index contributed by atoms with van der Waals surface area (Å²) in [6, 6.07) is -4.54. The van der Waals surface area contributed by atoms with Gasteiger partial charge in [-0.3, -0.25) is 4.72 Å². The normalized spacial score (nSPS) is 28.7. The van der Waals surface area contributed by atoms with E-state index >= 15 is 0 Å². The first kappa shape index (κ1) is 9.03. The van der Waals surface area contributed by atoms with Gasteiger partial charge in [0.25, 0.3) is 0 Å². The van der Waals surface area contributed by atoms with Crippen molar-refractivity contribution in [3.63, 3.8) is 0 Å². The number of halogens is 2. The molecule has 0 aromatic heterocycles. The van der Waals surface area contributed by atoms with Crippen LogP contribution in [0.5, 0.6) is 0 Å². The van der Waals surface area contributed by atoms with Crippen LogP contribution in [0.2, 0.25) is 6.43 Å². The van der Waals surface area contributed by atoms with Gasteiger partial charge in [0.2, 0.25) is 10.0 Å². The molecule has 8 heteroatoms. The molecule has 0 saturated heterocycles. The van der Waals surface area contributed by atoms with Crippen molar-refractivity contribution in [1.29, 1.82) is 0 Å². The maximum absolute atomic E-state index is 13.9. The molecule has 0 radical (unpaired) electrons. The molecule has 0 unspecified atom stereocenters. The molecule has 1 aliphatic rings. The highest BCUT2D eigenvalue weighted by Crippen LogP contribution is 2.30. The van der Waals surface area contributed by atoms with Crippen LogP contribution < -0.4 is 4.72 Å².